The second-order valence-corrected chi connectivity index (χ2v) is 8.36. The largest absolute Gasteiger partial charge is 0.457 e. The minimum Gasteiger partial charge on any atom is -0.457 e. The summed E-state index contributed by atoms with van der Waals surface area (Å²) < 4.78 is 11.3. The van der Waals surface area contributed by atoms with Crippen LogP contribution in [-0.2, 0) is 20.9 Å². The molecule has 2 aromatic rings. The number of para-hydroxylation sites is 1. The van der Waals surface area contributed by atoms with Crippen molar-refractivity contribution >= 4 is 11.8 Å². The number of piperazine rings is 1. The number of likely N-dealkylation sites (tertiary alicyclic amines) is 1. The van der Waals surface area contributed by atoms with Crippen molar-refractivity contribution in [2.75, 3.05) is 33.3 Å². The monoisotopic (exact) mass is 437 g/mol. The first kappa shape index (κ1) is 22.3. The molecule has 1 atom stereocenters. The number of hydrogen-bond donors (Lipinski definition) is 1. The molecule has 0 radical (unpaired) electrons. The maximum Gasteiger partial charge on any atom is 0.237 e. The van der Waals surface area contributed by atoms with Crippen LogP contribution in [0.1, 0.15) is 24.8 Å². The number of nitrogens with zero attached hydrogens (tertiary/aromatic N) is 2. The van der Waals surface area contributed by atoms with E-state index in [1.165, 1.54) is 0 Å². The van der Waals surface area contributed by atoms with Gasteiger partial charge in [-0.1, -0.05) is 30.3 Å². The molecule has 0 aliphatic carbocycles. The number of carbonyl (C=O) groups excluding carboxylic acids is 2. The van der Waals surface area contributed by atoms with E-state index in [1.54, 1.807) is 7.11 Å². The van der Waals surface area contributed by atoms with Crippen LogP contribution in [0.4, 0.5) is 0 Å². The van der Waals surface area contributed by atoms with Crippen molar-refractivity contribution in [3.05, 3.63) is 60.2 Å². The summed E-state index contributed by atoms with van der Waals surface area (Å²) in [7, 11) is 1.71. The fourth-order valence-electron chi connectivity index (χ4n) is 4.38. The molecule has 170 valence electrons. The van der Waals surface area contributed by atoms with Crippen LogP contribution in [0.25, 0.3) is 0 Å². The zero-order chi connectivity index (χ0) is 22.3. The van der Waals surface area contributed by atoms with Crippen LogP contribution in [0.3, 0.4) is 0 Å². The Bertz CT molecular complexity index is 912. The van der Waals surface area contributed by atoms with E-state index in [9.17, 15) is 9.59 Å². The Morgan fingerprint density at radius 1 is 1.03 bits per heavy atom. The van der Waals surface area contributed by atoms with Gasteiger partial charge in [-0.2, -0.15) is 0 Å². The Hall–Kier alpha value is -2.90. The van der Waals surface area contributed by atoms with E-state index in [-0.39, 0.29) is 24.3 Å². The number of carbonyl (C=O) groups is 2. The fraction of sp³-hybridized carbons (Fsp3) is 0.440. The van der Waals surface area contributed by atoms with Crippen LogP contribution >= 0.6 is 0 Å². The molecular weight excluding hydrogens is 406 g/mol. The van der Waals surface area contributed by atoms with Crippen LogP contribution in [0.15, 0.2) is 54.6 Å². The van der Waals surface area contributed by atoms with Crippen molar-refractivity contribution in [1.82, 2.24) is 15.1 Å². The van der Waals surface area contributed by atoms with E-state index in [1.807, 2.05) is 59.5 Å². The third-order valence-corrected chi connectivity index (χ3v) is 6.20. The van der Waals surface area contributed by atoms with Crippen LogP contribution in [-0.4, -0.2) is 67.0 Å². The molecule has 0 saturated carbocycles. The first-order chi connectivity index (χ1) is 15.6. The Labute approximate surface area is 189 Å². The second kappa shape index (κ2) is 10.6. The fourth-order valence-corrected chi connectivity index (χ4v) is 4.38. The average molecular weight is 438 g/mol. The van der Waals surface area contributed by atoms with Gasteiger partial charge in [-0.25, -0.2) is 0 Å². The number of hydrogen-bond acceptors (Lipinski definition) is 5. The summed E-state index contributed by atoms with van der Waals surface area (Å²) >= 11 is 0. The average Bonchev–Trinajstić information content (AvgIpc) is 2.82. The van der Waals surface area contributed by atoms with Gasteiger partial charge in [0, 0.05) is 39.8 Å². The van der Waals surface area contributed by atoms with Crippen molar-refractivity contribution in [1.29, 1.82) is 0 Å². The summed E-state index contributed by atoms with van der Waals surface area (Å²) in [4.78, 5) is 29.5. The molecule has 0 aromatic heterocycles. The van der Waals surface area contributed by atoms with Crippen LogP contribution in [0, 0.1) is 0 Å². The maximum atomic E-state index is 12.9. The molecule has 7 heteroatoms. The molecule has 2 saturated heterocycles. The van der Waals surface area contributed by atoms with Gasteiger partial charge in [-0.15, -0.1) is 0 Å². The third kappa shape index (κ3) is 5.66. The summed E-state index contributed by atoms with van der Waals surface area (Å²) in [6.45, 7) is 3.25. The molecule has 2 aliphatic rings. The molecule has 2 fully saturated rings. The number of nitrogens with one attached hydrogen (secondary N) is 1. The van der Waals surface area contributed by atoms with E-state index in [4.69, 9.17) is 9.47 Å². The highest BCUT2D eigenvalue weighted by molar-refractivity contribution is 5.88. The van der Waals surface area contributed by atoms with Gasteiger partial charge in [0.1, 0.15) is 11.5 Å². The molecule has 0 spiro atoms. The van der Waals surface area contributed by atoms with Gasteiger partial charge in [0.05, 0.1) is 18.6 Å². The van der Waals surface area contributed by atoms with Crippen molar-refractivity contribution in [3.8, 4) is 11.5 Å². The summed E-state index contributed by atoms with van der Waals surface area (Å²) in [5, 5.41) is 2.92. The van der Waals surface area contributed by atoms with Gasteiger partial charge < -0.3 is 19.7 Å². The Balaban J connectivity index is 1.40. The molecule has 4 rings (SSSR count). The summed E-state index contributed by atoms with van der Waals surface area (Å²) in [6.07, 6.45) is 2.11. The minimum absolute atomic E-state index is 0.0350. The predicted molar refractivity (Wildman–Crippen MR) is 121 cm³/mol. The van der Waals surface area contributed by atoms with Crippen molar-refractivity contribution in [3.63, 3.8) is 0 Å². The topological polar surface area (TPSA) is 71.1 Å². The molecule has 1 unspecified atom stereocenters. The molecule has 7 nitrogen and oxygen atoms in total. The summed E-state index contributed by atoms with van der Waals surface area (Å²) in [5.41, 5.74) is 1.05. The number of piperidine rings is 1. The van der Waals surface area contributed by atoms with Gasteiger partial charge in [-0.05, 0) is 42.7 Å². The third-order valence-electron chi connectivity index (χ3n) is 6.20. The van der Waals surface area contributed by atoms with Crippen LogP contribution in [0.5, 0.6) is 11.5 Å². The number of rotatable bonds is 7. The lowest BCUT2D eigenvalue weighted by atomic mass is 10.0. The predicted octanol–water partition coefficient (Wildman–Crippen LogP) is 2.81. The maximum absolute atomic E-state index is 12.9. The van der Waals surface area contributed by atoms with E-state index in [0.29, 0.717) is 32.7 Å². The second-order valence-electron chi connectivity index (χ2n) is 8.36. The van der Waals surface area contributed by atoms with E-state index in [0.717, 1.165) is 29.9 Å². The van der Waals surface area contributed by atoms with Crippen molar-refractivity contribution < 1.29 is 19.1 Å². The lowest BCUT2D eigenvalue weighted by molar-refractivity contribution is -0.140. The quantitative estimate of drug-likeness (QED) is 0.721. The standard InChI is InChI=1S/C25H31N3O4/c1-31-20-10-13-27(14-11-20)24(29)17-23-25(30)26-12-15-28(23)18-19-6-5-9-22(16-19)32-21-7-3-2-4-8-21/h2-9,16,20,23H,10-15,17-18H2,1H3,(H,26,30). The first-order valence-electron chi connectivity index (χ1n) is 11.3. The summed E-state index contributed by atoms with van der Waals surface area (Å²) in [6, 6.07) is 17.1. The molecule has 1 N–H and O–H groups in total. The highest BCUT2D eigenvalue weighted by Crippen LogP contribution is 2.24. The van der Waals surface area contributed by atoms with E-state index >= 15 is 0 Å². The van der Waals surface area contributed by atoms with Crippen LogP contribution in [0.2, 0.25) is 0 Å². The van der Waals surface area contributed by atoms with E-state index in [2.05, 4.69) is 10.2 Å². The zero-order valence-corrected chi connectivity index (χ0v) is 18.5. The molecule has 2 aliphatic heterocycles. The Morgan fingerprint density at radius 3 is 2.53 bits per heavy atom. The number of ether oxygens (including phenoxy) is 2. The molecule has 2 aromatic carbocycles. The number of methoxy groups -OCH3 is 1. The van der Waals surface area contributed by atoms with Gasteiger partial charge in [0.15, 0.2) is 0 Å². The lowest BCUT2D eigenvalue weighted by Gasteiger charge is -2.37. The van der Waals surface area contributed by atoms with Gasteiger partial charge in [-0.3, -0.25) is 14.5 Å². The first-order valence-corrected chi connectivity index (χ1v) is 11.3. The minimum atomic E-state index is -0.463. The SMILES string of the molecule is COC1CCN(C(=O)CC2C(=O)NCCN2Cc2cccc(Oc3ccccc3)c2)CC1. The lowest BCUT2D eigenvalue weighted by Crippen LogP contribution is -2.56. The Kier molecular flexibility index (Phi) is 7.39. The molecule has 0 bridgehead atoms. The van der Waals surface area contributed by atoms with Gasteiger partial charge in [0.2, 0.25) is 11.8 Å². The van der Waals surface area contributed by atoms with Gasteiger partial charge in [0.25, 0.3) is 0 Å². The molecule has 2 heterocycles. The smallest absolute Gasteiger partial charge is 0.237 e. The summed E-state index contributed by atoms with van der Waals surface area (Å²) in [5.74, 6) is 1.49. The van der Waals surface area contributed by atoms with Crippen molar-refractivity contribution in [2.24, 2.45) is 0 Å². The molecular formula is C25H31N3O4. The number of benzene rings is 2. The van der Waals surface area contributed by atoms with E-state index < -0.39 is 6.04 Å². The number of amides is 2. The highest BCUT2D eigenvalue weighted by Gasteiger charge is 2.33. The van der Waals surface area contributed by atoms with Crippen molar-refractivity contribution in [2.45, 2.75) is 38.0 Å². The Morgan fingerprint density at radius 2 is 1.78 bits per heavy atom. The molecule has 32 heavy (non-hydrogen) atoms. The van der Waals surface area contributed by atoms with Gasteiger partial charge >= 0.3 is 0 Å². The zero-order valence-electron chi connectivity index (χ0n) is 18.5. The highest BCUT2D eigenvalue weighted by atomic mass is 16.5. The van der Waals surface area contributed by atoms with Crippen LogP contribution < -0.4 is 10.1 Å². The normalized spacial score (nSPS) is 20.1. The molecule has 2 amide bonds.